The van der Waals surface area contributed by atoms with Gasteiger partial charge in [-0.05, 0) is 29.8 Å². The zero-order chi connectivity index (χ0) is 20.8. The number of amides is 1. The second-order valence-corrected chi connectivity index (χ2v) is 6.43. The number of hydrogen-bond acceptors (Lipinski definition) is 5. The Hall–Kier alpha value is -3.58. The normalized spacial score (nSPS) is 10.3. The molecule has 0 heterocycles. The van der Waals surface area contributed by atoms with Crippen LogP contribution in [-0.4, -0.2) is 17.9 Å². The number of nitro benzene ring substituents is 1. The van der Waals surface area contributed by atoms with Crippen molar-refractivity contribution in [1.82, 2.24) is 0 Å². The van der Waals surface area contributed by atoms with Gasteiger partial charge in [-0.2, -0.15) is 0 Å². The molecule has 148 valence electrons. The molecule has 1 amide bonds. The monoisotopic (exact) mass is 412 g/mol. The van der Waals surface area contributed by atoms with E-state index in [1.807, 2.05) is 30.3 Å². The van der Waals surface area contributed by atoms with Crippen LogP contribution in [0.1, 0.15) is 15.9 Å². The fraction of sp³-hybridized carbons (Fsp3) is 0.0952. The van der Waals surface area contributed by atoms with Crippen molar-refractivity contribution in [2.75, 3.05) is 12.4 Å². The summed E-state index contributed by atoms with van der Waals surface area (Å²) in [6.45, 7) is 0.279. The van der Waals surface area contributed by atoms with Crippen molar-refractivity contribution < 1.29 is 19.2 Å². The van der Waals surface area contributed by atoms with Gasteiger partial charge in [0.05, 0.1) is 17.1 Å². The lowest BCUT2D eigenvalue weighted by Gasteiger charge is -2.14. The molecule has 3 aromatic carbocycles. The number of methoxy groups -OCH3 is 1. The predicted octanol–water partition coefficient (Wildman–Crippen LogP) is 5.09. The minimum absolute atomic E-state index is 0.0629. The third-order valence-electron chi connectivity index (χ3n) is 4.05. The molecule has 0 unspecified atom stereocenters. The summed E-state index contributed by atoms with van der Waals surface area (Å²) < 4.78 is 11.1. The molecule has 29 heavy (non-hydrogen) atoms. The Bertz CT molecular complexity index is 1020. The van der Waals surface area contributed by atoms with Crippen LogP contribution in [0.25, 0.3) is 0 Å². The van der Waals surface area contributed by atoms with Gasteiger partial charge in [0.15, 0.2) is 11.5 Å². The quantitative estimate of drug-likeness (QED) is 0.431. The summed E-state index contributed by atoms with van der Waals surface area (Å²) in [5.41, 5.74) is 1.56. The highest BCUT2D eigenvalue weighted by Gasteiger charge is 2.16. The van der Waals surface area contributed by atoms with Crippen LogP contribution in [0, 0.1) is 10.1 Å². The molecule has 0 aliphatic heterocycles. The van der Waals surface area contributed by atoms with Gasteiger partial charge in [-0.25, -0.2) is 0 Å². The number of hydrogen-bond donors (Lipinski definition) is 1. The van der Waals surface area contributed by atoms with E-state index in [1.54, 1.807) is 0 Å². The second-order valence-electron chi connectivity index (χ2n) is 6.02. The average molecular weight is 413 g/mol. The van der Waals surface area contributed by atoms with Gasteiger partial charge in [-0.3, -0.25) is 14.9 Å². The third kappa shape index (κ3) is 5.03. The lowest BCUT2D eigenvalue weighted by Crippen LogP contribution is -2.12. The number of carbonyl (C=O) groups excluding carboxylic acids is 1. The number of halogens is 1. The Labute approximate surface area is 172 Å². The molecule has 0 saturated heterocycles. The average Bonchev–Trinajstić information content (AvgIpc) is 2.73. The molecule has 0 saturated carbocycles. The number of anilines is 1. The van der Waals surface area contributed by atoms with E-state index in [-0.39, 0.29) is 22.9 Å². The first-order valence-corrected chi connectivity index (χ1v) is 8.96. The van der Waals surface area contributed by atoms with Crippen molar-refractivity contribution in [1.29, 1.82) is 0 Å². The molecule has 3 rings (SSSR count). The number of nitrogens with zero attached hydrogens (tertiary/aromatic N) is 1. The fourth-order valence-electron chi connectivity index (χ4n) is 2.61. The smallest absolute Gasteiger partial charge is 0.269 e. The van der Waals surface area contributed by atoms with Gasteiger partial charge < -0.3 is 14.8 Å². The van der Waals surface area contributed by atoms with Crippen LogP contribution in [0.5, 0.6) is 11.5 Å². The van der Waals surface area contributed by atoms with Gasteiger partial charge in [-0.1, -0.05) is 41.9 Å². The maximum Gasteiger partial charge on any atom is 0.269 e. The number of nitro groups is 1. The molecule has 0 aliphatic rings. The summed E-state index contributed by atoms with van der Waals surface area (Å²) in [6, 6.07) is 18.1. The number of rotatable bonds is 7. The first kappa shape index (κ1) is 20.2. The Balaban J connectivity index is 1.80. The highest BCUT2D eigenvalue weighted by atomic mass is 35.5. The molecule has 0 aromatic heterocycles. The van der Waals surface area contributed by atoms with Crippen molar-refractivity contribution in [2.45, 2.75) is 6.61 Å². The van der Waals surface area contributed by atoms with Crippen molar-refractivity contribution in [3.05, 3.63) is 93.0 Å². The molecule has 0 radical (unpaired) electrons. The van der Waals surface area contributed by atoms with E-state index in [0.29, 0.717) is 17.2 Å². The molecule has 0 aliphatic carbocycles. The van der Waals surface area contributed by atoms with Gasteiger partial charge in [0.2, 0.25) is 0 Å². The van der Waals surface area contributed by atoms with E-state index in [2.05, 4.69) is 5.32 Å². The van der Waals surface area contributed by atoms with Crippen LogP contribution >= 0.6 is 11.6 Å². The molecule has 0 fully saturated rings. The summed E-state index contributed by atoms with van der Waals surface area (Å²) in [5, 5.41) is 13.6. The van der Waals surface area contributed by atoms with E-state index < -0.39 is 10.8 Å². The van der Waals surface area contributed by atoms with Crippen molar-refractivity contribution >= 4 is 28.9 Å². The molecule has 0 atom stereocenters. The van der Waals surface area contributed by atoms with E-state index in [0.717, 1.165) is 5.56 Å². The minimum atomic E-state index is -0.509. The Kier molecular flexibility index (Phi) is 6.31. The maximum absolute atomic E-state index is 12.6. The Morgan fingerprint density at radius 2 is 1.79 bits per heavy atom. The van der Waals surface area contributed by atoms with Gasteiger partial charge in [0.1, 0.15) is 6.61 Å². The molecule has 0 spiro atoms. The molecule has 8 heteroatoms. The van der Waals surface area contributed by atoms with Crippen LogP contribution in [0.4, 0.5) is 11.4 Å². The van der Waals surface area contributed by atoms with E-state index >= 15 is 0 Å². The van der Waals surface area contributed by atoms with Crippen molar-refractivity contribution in [3.63, 3.8) is 0 Å². The van der Waals surface area contributed by atoms with Gasteiger partial charge in [0, 0.05) is 23.4 Å². The van der Waals surface area contributed by atoms with E-state index in [4.69, 9.17) is 21.1 Å². The maximum atomic E-state index is 12.6. The zero-order valence-corrected chi connectivity index (χ0v) is 16.2. The number of nitrogens with one attached hydrogen (secondary N) is 1. The molecule has 1 N–H and O–H groups in total. The fourth-order valence-corrected chi connectivity index (χ4v) is 2.90. The molecule has 3 aromatic rings. The van der Waals surface area contributed by atoms with Gasteiger partial charge in [-0.15, -0.1) is 0 Å². The summed E-state index contributed by atoms with van der Waals surface area (Å²) in [7, 11) is 1.47. The van der Waals surface area contributed by atoms with Crippen molar-refractivity contribution in [2.24, 2.45) is 0 Å². The lowest BCUT2D eigenvalue weighted by atomic mass is 10.1. The minimum Gasteiger partial charge on any atom is -0.491 e. The van der Waals surface area contributed by atoms with Crippen LogP contribution in [0.2, 0.25) is 5.02 Å². The van der Waals surface area contributed by atoms with Crippen molar-refractivity contribution in [3.8, 4) is 11.5 Å². The Morgan fingerprint density at radius 3 is 2.41 bits per heavy atom. The molecule has 7 nitrogen and oxygen atoms in total. The van der Waals surface area contributed by atoms with Crippen LogP contribution in [-0.2, 0) is 6.61 Å². The predicted molar refractivity (Wildman–Crippen MR) is 110 cm³/mol. The second kappa shape index (κ2) is 9.07. The van der Waals surface area contributed by atoms with Crippen LogP contribution in [0.15, 0.2) is 66.7 Å². The first-order valence-electron chi connectivity index (χ1n) is 8.58. The number of carbonyl (C=O) groups is 1. The van der Waals surface area contributed by atoms with E-state index in [9.17, 15) is 14.9 Å². The van der Waals surface area contributed by atoms with Crippen LogP contribution < -0.4 is 14.8 Å². The summed E-state index contributed by atoms with van der Waals surface area (Å²) >= 11 is 6.26. The molecular formula is C21H17ClN2O5. The van der Waals surface area contributed by atoms with Gasteiger partial charge >= 0.3 is 0 Å². The summed E-state index contributed by atoms with van der Waals surface area (Å²) in [6.07, 6.45) is 0. The van der Waals surface area contributed by atoms with Gasteiger partial charge in [0.25, 0.3) is 11.6 Å². The third-order valence-corrected chi connectivity index (χ3v) is 4.33. The zero-order valence-electron chi connectivity index (χ0n) is 15.4. The molecule has 0 bridgehead atoms. The lowest BCUT2D eigenvalue weighted by molar-refractivity contribution is -0.384. The number of non-ortho nitro benzene ring substituents is 1. The first-order chi connectivity index (χ1) is 14.0. The highest BCUT2D eigenvalue weighted by molar-refractivity contribution is 6.32. The largest absolute Gasteiger partial charge is 0.491 e. The highest BCUT2D eigenvalue weighted by Crippen LogP contribution is 2.37. The molecular weight excluding hydrogens is 396 g/mol. The standard InChI is InChI=1S/C21H17ClN2O5/c1-28-20-18(22)11-15(12-19(20)29-13-14-5-3-2-4-6-14)21(25)23-16-7-9-17(10-8-16)24(26)27/h2-12H,13H2,1H3,(H,23,25). The Morgan fingerprint density at radius 1 is 1.10 bits per heavy atom. The SMILES string of the molecule is COc1c(Cl)cc(C(=O)Nc2ccc([N+](=O)[O-])cc2)cc1OCc1ccccc1. The van der Waals surface area contributed by atoms with E-state index in [1.165, 1.54) is 43.5 Å². The topological polar surface area (TPSA) is 90.7 Å². The summed E-state index contributed by atoms with van der Waals surface area (Å²) in [5.74, 6) is 0.222. The number of benzene rings is 3. The number of ether oxygens (including phenoxy) is 2. The summed E-state index contributed by atoms with van der Waals surface area (Å²) in [4.78, 5) is 22.8. The van der Waals surface area contributed by atoms with Crippen LogP contribution in [0.3, 0.4) is 0 Å².